The summed E-state index contributed by atoms with van der Waals surface area (Å²) in [6.07, 6.45) is 1.44. The van der Waals surface area contributed by atoms with E-state index in [2.05, 4.69) is 31.8 Å². The first kappa shape index (κ1) is 24.4. The Balaban J connectivity index is 1.63. The second kappa shape index (κ2) is 11.1. The standard InChI is InChI=1S/C23H19BrN4O6/c1-33-20-12-21(34-2)19(24)11-16(20)13-25-27-23(30)14-6-8-17(9-7-14)26-22(29)15-4-3-5-18(10-15)28(31)32/h3-13H,1-2H3,(H,26,29)(H,27,30)/b25-13+. The first-order valence-electron chi connectivity index (χ1n) is 9.73. The third kappa shape index (κ3) is 5.95. The topological polar surface area (TPSA) is 132 Å². The maximum Gasteiger partial charge on any atom is 0.271 e. The molecular formula is C23H19BrN4O6. The number of hydrogen-bond acceptors (Lipinski definition) is 7. The molecule has 3 rings (SSSR count). The Hall–Kier alpha value is -4.25. The summed E-state index contributed by atoms with van der Waals surface area (Å²) in [4.78, 5) is 35.0. The molecule has 0 aliphatic heterocycles. The van der Waals surface area contributed by atoms with Gasteiger partial charge >= 0.3 is 0 Å². The van der Waals surface area contributed by atoms with Gasteiger partial charge in [-0.05, 0) is 52.3 Å². The number of amides is 2. The zero-order valence-electron chi connectivity index (χ0n) is 18.1. The van der Waals surface area contributed by atoms with Crippen molar-refractivity contribution in [2.75, 3.05) is 19.5 Å². The highest BCUT2D eigenvalue weighted by molar-refractivity contribution is 9.10. The van der Waals surface area contributed by atoms with Crippen LogP contribution in [0.25, 0.3) is 0 Å². The van der Waals surface area contributed by atoms with E-state index in [-0.39, 0.29) is 11.3 Å². The molecule has 0 spiro atoms. The van der Waals surface area contributed by atoms with Gasteiger partial charge in [-0.2, -0.15) is 5.10 Å². The molecule has 0 heterocycles. The molecule has 0 aliphatic rings. The van der Waals surface area contributed by atoms with Crippen molar-refractivity contribution in [1.82, 2.24) is 5.43 Å². The Morgan fingerprint density at radius 1 is 0.971 bits per heavy atom. The Morgan fingerprint density at radius 2 is 1.68 bits per heavy atom. The van der Waals surface area contributed by atoms with Crippen LogP contribution in [0.2, 0.25) is 0 Å². The summed E-state index contributed by atoms with van der Waals surface area (Å²) in [7, 11) is 3.05. The molecule has 10 nitrogen and oxygen atoms in total. The second-order valence-electron chi connectivity index (χ2n) is 6.77. The van der Waals surface area contributed by atoms with Crippen molar-refractivity contribution >= 4 is 45.3 Å². The normalized spacial score (nSPS) is 10.6. The molecule has 11 heteroatoms. The van der Waals surface area contributed by atoms with E-state index < -0.39 is 16.7 Å². The largest absolute Gasteiger partial charge is 0.496 e. The molecule has 2 N–H and O–H groups in total. The molecule has 2 amide bonds. The summed E-state index contributed by atoms with van der Waals surface area (Å²) >= 11 is 3.39. The molecule has 0 unspecified atom stereocenters. The lowest BCUT2D eigenvalue weighted by atomic mass is 10.1. The van der Waals surface area contributed by atoms with E-state index in [1.54, 1.807) is 12.1 Å². The van der Waals surface area contributed by atoms with E-state index in [4.69, 9.17) is 9.47 Å². The van der Waals surface area contributed by atoms with Gasteiger partial charge in [0, 0.05) is 40.6 Å². The minimum Gasteiger partial charge on any atom is -0.496 e. The average molecular weight is 527 g/mol. The number of carbonyl (C=O) groups excluding carboxylic acids is 2. The van der Waals surface area contributed by atoms with Gasteiger partial charge < -0.3 is 14.8 Å². The van der Waals surface area contributed by atoms with Crippen LogP contribution in [0.1, 0.15) is 26.3 Å². The first-order chi connectivity index (χ1) is 16.3. The van der Waals surface area contributed by atoms with E-state index in [1.807, 2.05) is 0 Å². The SMILES string of the molecule is COc1cc(OC)c(/C=N/NC(=O)c2ccc(NC(=O)c3cccc([N+](=O)[O-])c3)cc2)cc1Br. The quantitative estimate of drug-likeness (QED) is 0.254. The van der Waals surface area contributed by atoms with Gasteiger partial charge in [-0.15, -0.1) is 0 Å². The molecule has 3 aromatic rings. The molecule has 3 aromatic carbocycles. The third-order valence-electron chi connectivity index (χ3n) is 4.60. The summed E-state index contributed by atoms with van der Waals surface area (Å²) in [5.74, 6) is 0.141. The van der Waals surface area contributed by atoms with Crippen LogP contribution in [0, 0.1) is 10.1 Å². The van der Waals surface area contributed by atoms with Crippen LogP contribution >= 0.6 is 15.9 Å². The number of nitro groups is 1. The minimum atomic E-state index is -0.573. The van der Waals surface area contributed by atoms with Gasteiger partial charge in [-0.25, -0.2) is 5.43 Å². The molecule has 0 bridgehead atoms. The number of non-ortho nitro benzene ring substituents is 1. The lowest BCUT2D eigenvalue weighted by Gasteiger charge is -2.09. The molecule has 0 fully saturated rings. The predicted molar refractivity (Wildman–Crippen MR) is 130 cm³/mol. The summed E-state index contributed by atoms with van der Waals surface area (Å²) in [6.45, 7) is 0. The number of nitro benzene ring substituents is 1. The lowest BCUT2D eigenvalue weighted by molar-refractivity contribution is -0.384. The first-order valence-corrected chi connectivity index (χ1v) is 10.5. The van der Waals surface area contributed by atoms with Crippen molar-refractivity contribution < 1.29 is 24.0 Å². The van der Waals surface area contributed by atoms with Gasteiger partial charge in [0.1, 0.15) is 11.5 Å². The average Bonchev–Trinajstić information content (AvgIpc) is 2.84. The van der Waals surface area contributed by atoms with Gasteiger partial charge in [-0.3, -0.25) is 19.7 Å². The summed E-state index contributed by atoms with van der Waals surface area (Å²) in [6, 6.07) is 14.9. The molecule has 0 saturated carbocycles. The summed E-state index contributed by atoms with van der Waals surface area (Å²) in [5.41, 5.74) is 3.74. The third-order valence-corrected chi connectivity index (χ3v) is 5.22. The zero-order valence-corrected chi connectivity index (χ0v) is 19.7. The van der Waals surface area contributed by atoms with Gasteiger partial charge in [-0.1, -0.05) is 6.07 Å². The lowest BCUT2D eigenvalue weighted by Crippen LogP contribution is -2.18. The van der Waals surface area contributed by atoms with E-state index >= 15 is 0 Å². The Labute approximate surface area is 202 Å². The second-order valence-corrected chi connectivity index (χ2v) is 7.62. The number of nitrogens with one attached hydrogen (secondary N) is 2. The van der Waals surface area contributed by atoms with E-state index in [1.165, 1.54) is 69.0 Å². The molecule has 34 heavy (non-hydrogen) atoms. The molecule has 0 aliphatic carbocycles. The molecule has 0 saturated heterocycles. The fraction of sp³-hybridized carbons (Fsp3) is 0.0870. The number of hydrazone groups is 1. The van der Waals surface area contributed by atoms with Crippen molar-refractivity contribution in [2.24, 2.45) is 5.10 Å². The molecular weight excluding hydrogens is 508 g/mol. The van der Waals surface area contributed by atoms with Gasteiger partial charge in [0.15, 0.2) is 0 Å². The van der Waals surface area contributed by atoms with Crippen molar-refractivity contribution in [2.45, 2.75) is 0 Å². The number of rotatable bonds is 8. The maximum absolute atomic E-state index is 12.4. The molecule has 174 valence electrons. The van der Waals surface area contributed by atoms with Gasteiger partial charge in [0.2, 0.25) is 0 Å². The number of carbonyl (C=O) groups is 2. The predicted octanol–water partition coefficient (Wildman–Crippen LogP) is 4.39. The number of halogens is 1. The highest BCUT2D eigenvalue weighted by atomic mass is 79.9. The highest BCUT2D eigenvalue weighted by Crippen LogP contribution is 2.31. The zero-order chi connectivity index (χ0) is 24.7. The molecule has 0 atom stereocenters. The number of nitrogens with zero attached hydrogens (tertiary/aromatic N) is 2. The Kier molecular flexibility index (Phi) is 7.93. The fourth-order valence-corrected chi connectivity index (χ4v) is 3.40. The van der Waals surface area contributed by atoms with Crippen molar-refractivity contribution in [3.63, 3.8) is 0 Å². The monoisotopic (exact) mass is 526 g/mol. The van der Waals surface area contributed by atoms with Gasteiger partial charge in [0.25, 0.3) is 17.5 Å². The maximum atomic E-state index is 12.4. The number of methoxy groups -OCH3 is 2. The van der Waals surface area contributed by atoms with E-state index in [0.717, 1.165) is 0 Å². The summed E-state index contributed by atoms with van der Waals surface area (Å²) < 4.78 is 11.2. The Morgan fingerprint density at radius 3 is 2.32 bits per heavy atom. The molecule has 0 radical (unpaired) electrons. The van der Waals surface area contributed by atoms with Crippen LogP contribution in [0.5, 0.6) is 11.5 Å². The Bertz CT molecular complexity index is 1260. The van der Waals surface area contributed by atoms with Crippen molar-refractivity contribution in [1.29, 1.82) is 0 Å². The van der Waals surface area contributed by atoms with E-state index in [0.29, 0.717) is 32.8 Å². The smallest absolute Gasteiger partial charge is 0.271 e. The number of ether oxygens (including phenoxy) is 2. The van der Waals surface area contributed by atoms with Crippen LogP contribution in [-0.2, 0) is 0 Å². The van der Waals surface area contributed by atoms with Crippen LogP contribution in [0.4, 0.5) is 11.4 Å². The fourth-order valence-electron chi connectivity index (χ4n) is 2.88. The summed E-state index contributed by atoms with van der Waals surface area (Å²) in [5, 5.41) is 17.5. The van der Waals surface area contributed by atoms with Crippen molar-refractivity contribution in [3.8, 4) is 11.5 Å². The molecule has 0 aromatic heterocycles. The van der Waals surface area contributed by atoms with Crippen LogP contribution in [0.3, 0.4) is 0 Å². The van der Waals surface area contributed by atoms with Crippen LogP contribution < -0.4 is 20.2 Å². The highest BCUT2D eigenvalue weighted by Gasteiger charge is 2.12. The number of anilines is 1. The minimum absolute atomic E-state index is 0.144. The van der Waals surface area contributed by atoms with Crippen molar-refractivity contribution in [3.05, 3.63) is 91.9 Å². The van der Waals surface area contributed by atoms with E-state index in [9.17, 15) is 19.7 Å². The van der Waals surface area contributed by atoms with Gasteiger partial charge in [0.05, 0.1) is 29.8 Å². The number of hydrogen-bond donors (Lipinski definition) is 2. The van der Waals surface area contributed by atoms with Crippen LogP contribution in [0.15, 0.2) is 70.2 Å². The number of benzene rings is 3. The van der Waals surface area contributed by atoms with Crippen LogP contribution in [-0.4, -0.2) is 37.2 Å².